The van der Waals surface area contributed by atoms with E-state index in [1.165, 1.54) is 0 Å². The molecule has 3 aromatic rings. The second kappa shape index (κ2) is 4.72. The van der Waals surface area contributed by atoms with Crippen LogP contribution in [0.1, 0.15) is 11.4 Å². The minimum atomic E-state index is 0.454. The first-order valence-corrected chi connectivity index (χ1v) is 6.14. The Morgan fingerprint density at radius 3 is 2.50 bits per heavy atom. The van der Waals surface area contributed by atoms with E-state index < -0.39 is 0 Å². The average Bonchev–Trinajstić information content (AvgIpc) is 3.10. The molecular weight excluding hydrogens is 256 g/mol. The highest BCUT2D eigenvalue weighted by molar-refractivity contribution is 5.33. The Labute approximate surface area is 115 Å². The van der Waals surface area contributed by atoms with Gasteiger partial charge in [0.05, 0.1) is 5.69 Å². The zero-order chi connectivity index (χ0) is 14.1. The van der Waals surface area contributed by atoms with E-state index >= 15 is 0 Å². The molecule has 0 spiro atoms. The minimum Gasteiger partial charge on any atom is -0.357 e. The van der Waals surface area contributed by atoms with Crippen molar-refractivity contribution in [3.63, 3.8) is 0 Å². The summed E-state index contributed by atoms with van der Waals surface area (Å²) in [5.41, 5.74) is 1.93. The first kappa shape index (κ1) is 12.3. The summed E-state index contributed by atoms with van der Waals surface area (Å²) >= 11 is 0. The van der Waals surface area contributed by atoms with E-state index in [2.05, 4.69) is 30.4 Å². The second-order valence-electron chi connectivity index (χ2n) is 4.25. The molecule has 0 aliphatic carbocycles. The number of anilines is 1. The van der Waals surface area contributed by atoms with Crippen molar-refractivity contribution >= 4 is 5.95 Å². The van der Waals surface area contributed by atoms with Crippen LogP contribution in [0.3, 0.4) is 0 Å². The maximum absolute atomic E-state index is 4.43. The maximum Gasteiger partial charge on any atom is 0.257 e. The van der Waals surface area contributed by atoms with Gasteiger partial charge in [-0.05, 0) is 19.9 Å². The Balaban J connectivity index is 2.16. The average molecular weight is 270 g/mol. The molecule has 0 saturated heterocycles. The number of nitrogens with zero attached hydrogens (tertiary/aromatic N) is 7. The van der Waals surface area contributed by atoms with Crippen LogP contribution in [-0.4, -0.2) is 41.3 Å². The zero-order valence-electron chi connectivity index (χ0n) is 11.4. The molecule has 0 aromatic carbocycles. The van der Waals surface area contributed by atoms with Crippen LogP contribution in [0.2, 0.25) is 0 Å². The van der Waals surface area contributed by atoms with Gasteiger partial charge in [-0.25, -0.2) is 9.67 Å². The predicted octanol–water partition coefficient (Wildman–Crippen LogP) is 0.902. The van der Waals surface area contributed by atoms with Crippen LogP contribution in [0.15, 0.2) is 24.8 Å². The molecular formula is C12H14N8. The number of hydrogen-bond acceptors (Lipinski definition) is 6. The van der Waals surface area contributed by atoms with E-state index in [9.17, 15) is 0 Å². The number of aryl methyl sites for hydroxylation is 1. The maximum atomic E-state index is 4.43. The highest BCUT2D eigenvalue weighted by Gasteiger charge is 2.12. The van der Waals surface area contributed by atoms with Crippen LogP contribution < -0.4 is 5.32 Å². The molecule has 0 aliphatic heterocycles. The second-order valence-corrected chi connectivity index (χ2v) is 4.25. The van der Waals surface area contributed by atoms with Gasteiger partial charge in [-0.3, -0.25) is 4.57 Å². The molecule has 8 heteroatoms. The Kier molecular flexibility index (Phi) is 2.90. The van der Waals surface area contributed by atoms with Crippen LogP contribution in [0.4, 0.5) is 5.95 Å². The molecule has 3 rings (SSSR count). The lowest BCUT2D eigenvalue weighted by atomic mass is 10.4. The summed E-state index contributed by atoms with van der Waals surface area (Å²) in [6.45, 7) is 3.92. The van der Waals surface area contributed by atoms with Crippen LogP contribution in [0, 0.1) is 13.8 Å². The first-order chi connectivity index (χ1) is 9.69. The smallest absolute Gasteiger partial charge is 0.257 e. The quantitative estimate of drug-likeness (QED) is 0.761. The molecule has 8 nitrogen and oxygen atoms in total. The van der Waals surface area contributed by atoms with E-state index in [1.54, 1.807) is 30.5 Å². The monoisotopic (exact) mass is 270 g/mol. The van der Waals surface area contributed by atoms with Gasteiger partial charge in [0, 0.05) is 25.1 Å². The fourth-order valence-corrected chi connectivity index (χ4v) is 1.76. The third kappa shape index (κ3) is 2.00. The molecule has 3 aromatic heterocycles. The molecule has 3 heterocycles. The standard InChI is InChI=1S/C12H14N8/c1-8-9(2)19(7-14-8)11-16-10(13-3)17-12(18-11)20-6-4-5-15-20/h4-7H,1-3H3,(H,13,16,17,18). The van der Waals surface area contributed by atoms with E-state index in [1.807, 2.05) is 24.5 Å². The Bertz CT molecular complexity index is 728. The molecule has 0 bridgehead atoms. The van der Waals surface area contributed by atoms with E-state index in [4.69, 9.17) is 0 Å². The lowest BCUT2D eigenvalue weighted by Crippen LogP contribution is -2.12. The molecule has 20 heavy (non-hydrogen) atoms. The first-order valence-electron chi connectivity index (χ1n) is 6.14. The normalized spacial score (nSPS) is 10.8. The van der Waals surface area contributed by atoms with Crippen molar-refractivity contribution in [2.24, 2.45) is 0 Å². The van der Waals surface area contributed by atoms with Crippen molar-refractivity contribution in [3.8, 4) is 11.9 Å². The Morgan fingerprint density at radius 2 is 1.90 bits per heavy atom. The molecule has 0 radical (unpaired) electrons. The lowest BCUT2D eigenvalue weighted by Gasteiger charge is -2.08. The van der Waals surface area contributed by atoms with Gasteiger partial charge >= 0.3 is 0 Å². The fraction of sp³-hybridized carbons (Fsp3) is 0.250. The summed E-state index contributed by atoms with van der Waals surface area (Å²) in [5, 5.41) is 7.06. The SMILES string of the molecule is CNc1nc(-n2cccn2)nc(-n2cnc(C)c2C)n1. The summed E-state index contributed by atoms with van der Waals surface area (Å²) in [5.74, 6) is 1.44. The van der Waals surface area contributed by atoms with Crippen molar-refractivity contribution in [2.45, 2.75) is 13.8 Å². The Hall–Kier alpha value is -2.77. The molecule has 0 aliphatic rings. The van der Waals surface area contributed by atoms with Crippen molar-refractivity contribution < 1.29 is 0 Å². The predicted molar refractivity (Wildman–Crippen MR) is 73.1 cm³/mol. The Morgan fingerprint density at radius 1 is 1.10 bits per heavy atom. The highest BCUT2D eigenvalue weighted by Crippen LogP contribution is 2.12. The summed E-state index contributed by atoms with van der Waals surface area (Å²) < 4.78 is 3.41. The summed E-state index contributed by atoms with van der Waals surface area (Å²) in [6.07, 6.45) is 5.16. The largest absolute Gasteiger partial charge is 0.357 e. The molecule has 0 fully saturated rings. The summed E-state index contributed by atoms with van der Waals surface area (Å²) in [6, 6.07) is 1.81. The number of nitrogens with one attached hydrogen (secondary N) is 1. The van der Waals surface area contributed by atoms with E-state index in [0.29, 0.717) is 17.8 Å². The third-order valence-corrected chi connectivity index (χ3v) is 3.01. The van der Waals surface area contributed by atoms with Crippen LogP contribution in [0.25, 0.3) is 11.9 Å². The molecule has 0 saturated carbocycles. The topological polar surface area (TPSA) is 86.3 Å². The number of hydrogen-bond donors (Lipinski definition) is 1. The number of rotatable bonds is 3. The van der Waals surface area contributed by atoms with Crippen molar-refractivity contribution in [1.29, 1.82) is 0 Å². The lowest BCUT2D eigenvalue weighted by molar-refractivity contribution is 0.772. The fourth-order valence-electron chi connectivity index (χ4n) is 1.76. The van der Waals surface area contributed by atoms with Crippen LogP contribution >= 0.6 is 0 Å². The molecule has 1 N–H and O–H groups in total. The van der Waals surface area contributed by atoms with E-state index in [0.717, 1.165) is 11.4 Å². The van der Waals surface area contributed by atoms with Crippen molar-refractivity contribution in [3.05, 3.63) is 36.2 Å². The van der Waals surface area contributed by atoms with Gasteiger partial charge in [0.25, 0.3) is 5.95 Å². The van der Waals surface area contributed by atoms with Gasteiger partial charge in [0.2, 0.25) is 11.9 Å². The molecule has 0 atom stereocenters. The molecule has 0 amide bonds. The summed E-state index contributed by atoms with van der Waals surface area (Å²) in [4.78, 5) is 17.3. The van der Waals surface area contributed by atoms with Gasteiger partial charge in [-0.2, -0.15) is 20.1 Å². The van der Waals surface area contributed by atoms with Gasteiger partial charge in [-0.15, -0.1) is 0 Å². The number of imidazole rings is 1. The van der Waals surface area contributed by atoms with Gasteiger partial charge in [-0.1, -0.05) is 0 Å². The van der Waals surface area contributed by atoms with Gasteiger partial charge in [0.15, 0.2) is 0 Å². The summed E-state index contributed by atoms with van der Waals surface area (Å²) in [7, 11) is 1.76. The van der Waals surface area contributed by atoms with Gasteiger partial charge in [0.1, 0.15) is 6.33 Å². The zero-order valence-corrected chi connectivity index (χ0v) is 11.4. The third-order valence-electron chi connectivity index (χ3n) is 3.01. The van der Waals surface area contributed by atoms with Gasteiger partial charge < -0.3 is 5.32 Å². The van der Waals surface area contributed by atoms with Crippen molar-refractivity contribution in [2.75, 3.05) is 12.4 Å². The van der Waals surface area contributed by atoms with Crippen LogP contribution in [-0.2, 0) is 0 Å². The van der Waals surface area contributed by atoms with Crippen molar-refractivity contribution in [1.82, 2.24) is 34.3 Å². The molecule has 0 unspecified atom stereocenters. The minimum absolute atomic E-state index is 0.454. The van der Waals surface area contributed by atoms with Crippen LogP contribution in [0.5, 0.6) is 0 Å². The highest BCUT2D eigenvalue weighted by atomic mass is 15.4. The van der Waals surface area contributed by atoms with E-state index in [-0.39, 0.29) is 0 Å². The molecule has 102 valence electrons. The number of aromatic nitrogens is 7.